The number of carbonyl (C=O) groups is 1. The predicted octanol–water partition coefficient (Wildman–Crippen LogP) is 2.45. The van der Waals surface area contributed by atoms with Crippen LogP contribution in [0.5, 0.6) is 23.0 Å². The number of phenols is 1. The second-order valence-electron chi connectivity index (χ2n) is 9.10. The summed E-state index contributed by atoms with van der Waals surface area (Å²) in [7, 11) is 3.63. The molecule has 0 saturated heterocycles. The van der Waals surface area contributed by atoms with E-state index in [4.69, 9.17) is 14.2 Å². The molecule has 39 heavy (non-hydrogen) atoms. The molecular weight excluding hydrogens is 502 g/mol. The van der Waals surface area contributed by atoms with Crippen molar-refractivity contribution in [3.63, 3.8) is 0 Å². The third-order valence-corrected chi connectivity index (χ3v) is 6.81. The fourth-order valence-corrected chi connectivity index (χ4v) is 4.88. The van der Waals surface area contributed by atoms with Crippen molar-refractivity contribution in [2.75, 3.05) is 27.5 Å². The van der Waals surface area contributed by atoms with Gasteiger partial charge in [-0.15, -0.1) is 5.10 Å². The van der Waals surface area contributed by atoms with Gasteiger partial charge in [-0.3, -0.25) is 9.69 Å². The summed E-state index contributed by atoms with van der Waals surface area (Å²) in [6.45, 7) is 0.931. The van der Waals surface area contributed by atoms with Gasteiger partial charge in [0.2, 0.25) is 12.5 Å². The molecule has 1 atom stereocenters. The maximum atomic E-state index is 12.6. The summed E-state index contributed by atoms with van der Waals surface area (Å²) in [6.07, 6.45) is 2.20. The van der Waals surface area contributed by atoms with Gasteiger partial charge in [-0.1, -0.05) is 12.1 Å². The Morgan fingerprint density at radius 2 is 2.03 bits per heavy atom. The average Bonchev–Trinajstić information content (AvgIpc) is 3.63. The van der Waals surface area contributed by atoms with Crippen LogP contribution in [-0.4, -0.2) is 69.8 Å². The number of nitrogens with zero attached hydrogens (tertiary/aromatic N) is 6. The van der Waals surface area contributed by atoms with Crippen LogP contribution in [0.4, 0.5) is 0 Å². The van der Waals surface area contributed by atoms with E-state index in [2.05, 4.69) is 31.0 Å². The quantitative estimate of drug-likeness (QED) is 0.286. The van der Waals surface area contributed by atoms with Crippen LogP contribution in [0.15, 0.2) is 59.7 Å². The van der Waals surface area contributed by atoms with Gasteiger partial charge >= 0.3 is 0 Å². The van der Waals surface area contributed by atoms with Crippen molar-refractivity contribution < 1.29 is 24.1 Å². The van der Waals surface area contributed by atoms with Crippen LogP contribution in [0, 0.1) is 0 Å². The first-order chi connectivity index (χ1) is 19.0. The number of ether oxygens (including phenoxy) is 3. The summed E-state index contributed by atoms with van der Waals surface area (Å²) in [5.74, 6) is 2.14. The van der Waals surface area contributed by atoms with Crippen molar-refractivity contribution in [2.24, 2.45) is 5.10 Å². The number of methoxy groups -OCH3 is 1. The van der Waals surface area contributed by atoms with Gasteiger partial charge in [0.15, 0.2) is 17.3 Å². The van der Waals surface area contributed by atoms with Crippen LogP contribution in [0.1, 0.15) is 38.9 Å². The molecule has 0 spiro atoms. The number of rotatable bonds is 6. The highest BCUT2D eigenvalue weighted by Gasteiger charge is 2.37. The van der Waals surface area contributed by atoms with E-state index in [9.17, 15) is 9.90 Å². The molecule has 12 heteroatoms. The Labute approximate surface area is 223 Å². The number of aromatic hydroxyl groups is 1. The molecule has 2 aliphatic rings. The summed E-state index contributed by atoms with van der Waals surface area (Å²) in [5.41, 5.74) is 6.07. The topological polar surface area (TPSA) is 136 Å². The summed E-state index contributed by atoms with van der Waals surface area (Å²) in [5, 5.41) is 26.4. The maximum Gasteiger partial charge on any atom is 0.271 e. The molecule has 3 aromatic carbocycles. The van der Waals surface area contributed by atoms with Crippen LogP contribution in [0.3, 0.4) is 0 Å². The second-order valence-corrected chi connectivity index (χ2v) is 9.10. The summed E-state index contributed by atoms with van der Waals surface area (Å²) >= 11 is 0. The Balaban J connectivity index is 1.27. The fraction of sp³-hybridized carbons (Fsp3) is 0.222. The van der Waals surface area contributed by atoms with Crippen LogP contribution >= 0.6 is 0 Å². The van der Waals surface area contributed by atoms with Gasteiger partial charge in [0, 0.05) is 23.2 Å². The molecule has 0 fully saturated rings. The molecule has 12 nitrogen and oxygen atoms in total. The number of fused-ring (bicyclic) bond motifs is 2. The lowest BCUT2D eigenvalue weighted by atomic mass is 9.90. The zero-order valence-corrected chi connectivity index (χ0v) is 21.2. The van der Waals surface area contributed by atoms with Crippen molar-refractivity contribution in [3.8, 4) is 28.7 Å². The number of nitrogens with one attached hydrogen (secondary N) is 1. The number of tetrazole rings is 1. The molecular formula is C27H25N7O5. The first kappa shape index (κ1) is 24.4. The molecule has 1 aromatic heterocycles. The van der Waals surface area contributed by atoms with Gasteiger partial charge in [0.1, 0.15) is 11.8 Å². The number of amides is 1. The molecule has 0 unspecified atom stereocenters. The van der Waals surface area contributed by atoms with E-state index in [1.807, 2.05) is 13.1 Å². The van der Waals surface area contributed by atoms with Crippen LogP contribution in [-0.2, 0) is 6.42 Å². The van der Waals surface area contributed by atoms with E-state index in [0.29, 0.717) is 39.9 Å². The lowest BCUT2D eigenvalue weighted by Crippen LogP contribution is -2.35. The number of hydrogen-bond donors (Lipinski definition) is 2. The van der Waals surface area contributed by atoms with Crippen LogP contribution < -0.4 is 19.6 Å². The molecule has 2 aliphatic heterocycles. The lowest BCUT2D eigenvalue weighted by Gasteiger charge is -2.34. The monoisotopic (exact) mass is 527 g/mol. The molecule has 0 radical (unpaired) electrons. The van der Waals surface area contributed by atoms with E-state index in [-0.39, 0.29) is 18.6 Å². The Bertz CT molecular complexity index is 1570. The zero-order valence-electron chi connectivity index (χ0n) is 21.2. The standard InChI is InChI=1S/C27H25N7O5/c1-33-12-11-17-13-21-24(39-15-38-21)25(37-2)22(17)23(33)26-29-31-32-34(26)19-9-7-16(8-10-19)27(36)30-28-14-18-5-3-4-6-20(18)35/h3-10,13-14,23,35H,11-12,15H2,1-2H3,(H,30,36)/t23-/m1/s1. The third-order valence-electron chi connectivity index (χ3n) is 6.81. The molecule has 3 heterocycles. The minimum Gasteiger partial charge on any atom is -0.507 e. The molecule has 6 rings (SSSR count). The first-order valence-electron chi connectivity index (χ1n) is 12.2. The normalized spacial score (nSPS) is 16.3. The summed E-state index contributed by atoms with van der Waals surface area (Å²) in [6, 6.07) is 15.3. The predicted molar refractivity (Wildman–Crippen MR) is 140 cm³/mol. The molecule has 1 amide bonds. The number of benzene rings is 3. The number of likely N-dealkylation sites (N-methyl/N-ethyl adjacent to an activating group) is 1. The Morgan fingerprint density at radius 3 is 2.82 bits per heavy atom. The van der Waals surface area contributed by atoms with Gasteiger partial charge < -0.3 is 19.3 Å². The zero-order chi connectivity index (χ0) is 26.9. The van der Waals surface area contributed by atoms with Crippen LogP contribution in [0.2, 0.25) is 0 Å². The molecule has 198 valence electrons. The van der Waals surface area contributed by atoms with Crippen molar-refractivity contribution in [1.29, 1.82) is 0 Å². The van der Waals surface area contributed by atoms with E-state index in [1.54, 1.807) is 60.3 Å². The van der Waals surface area contributed by atoms with E-state index >= 15 is 0 Å². The molecule has 0 aliphatic carbocycles. The number of carbonyl (C=O) groups excluding carboxylic acids is 1. The van der Waals surface area contributed by atoms with Crippen LogP contribution in [0.25, 0.3) is 5.69 Å². The van der Waals surface area contributed by atoms with Crippen molar-refractivity contribution in [3.05, 3.63) is 82.7 Å². The van der Waals surface area contributed by atoms with Gasteiger partial charge in [-0.05, 0) is 71.9 Å². The number of phenolic OH excluding ortho intramolecular Hbond substituents is 1. The first-order valence-corrected chi connectivity index (χ1v) is 12.2. The Morgan fingerprint density at radius 1 is 1.21 bits per heavy atom. The van der Waals surface area contributed by atoms with Gasteiger partial charge in [-0.2, -0.15) is 9.78 Å². The van der Waals surface area contributed by atoms with Crippen molar-refractivity contribution in [1.82, 2.24) is 30.5 Å². The lowest BCUT2D eigenvalue weighted by molar-refractivity contribution is 0.0955. The molecule has 0 bridgehead atoms. The van der Waals surface area contributed by atoms with Crippen molar-refractivity contribution >= 4 is 12.1 Å². The minimum atomic E-state index is -0.396. The third kappa shape index (κ3) is 4.40. The highest BCUT2D eigenvalue weighted by molar-refractivity contribution is 5.95. The molecule has 0 saturated carbocycles. The van der Waals surface area contributed by atoms with Gasteiger partial charge in [-0.25, -0.2) is 5.43 Å². The van der Waals surface area contributed by atoms with Crippen molar-refractivity contribution in [2.45, 2.75) is 12.5 Å². The number of hydrazone groups is 1. The van der Waals surface area contributed by atoms with Gasteiger partial charge in [0.05, 0.1) is 19.0 Å². The Kier molecular flexibility index (Phi) is 6.29. The second kappa shape index (κ2) is 10.1. The van der Waals surface area contributed by atoms with E-state index in [0.717, 1.165) is 24.1 Å². The summed E-state index contributed by atoms with van der Waals surface area (Å²) < 4.78 is 18.8. The SMILES string of the molecule is COc1c2c(cc3c1[C@H](c1nnnn1-c1ccc(C(=O)NN=Cc4ccccc4O)cc1)N(C)CC3)OCO2. The summed E-state index contributed by atoms with van der Waals surface area (Å²) in [4.78, 5) is 14.8. The molecule has 2 N–H and O–H groups in total. The average molecular weight is 528 g/mol. The highest BCUT2D eigenvalue weighted by Crippen LogP contribution is 2.50. The van der Waals surface area contributed by atoms with E-state index in [1.165, 1.54) is 6.21 Å². The minimum absolute atomic E-state index is 0.0752. The Hall–Kier alpha value is -4.97. The maximum absolute atomic E-state index is 12.6. The molecule has 4 aromatic rings. The highest BCUT2D eigenvalue weighted by atomic mass is 16.7. The van der Waals surface area contributed by atoms with E-state index < -0.39 is 5.91 Å². The number of para-hydroxylation sites is 1. The van der Waals surface area contributed by atoms with Gasteiger partial charge in [0.25, 0.3) is 5.91 Å². The fourth-order valence-electron chi connectivity index (χ4n) is 4.88. The smallest absolute Gasteiger partial charge is 0.271 e. The number of aromatic nitrogens is 4. The number of hydrogen-bond acceptors (Lipinski definition) is 10. The largest absolute Gasteiger partial charge is 0.507 e.